The van der Waals surface area contributed by atoms with Crippen LogP contribution in [-0.2, 0) is 0 Å². The smallest absolute Gasteiger partial charge is 0.256 e. The lowest BCUT2D eigenvalue weighted by atomic mass is 10.1. The molecule has 0 aromatic carbocycles. The second kappa shape index (κ2) is 5.33. The van der Waals surface area contributed by atoms with Crippen molar-refractivity contribution in [1.82, 2.24) is 4.90 Å². The SMILES string of the molecule is Cc1cscc1C(=O)N(CC#N)C1CCCC1. The van der Waals surface area contributed by atoms with Crippen molar-refractivity contribution < 1.29 is 4.79 Å². The van der Waals surface area contributed by atoms with Crippen LogP contribution in [0.25, 0.3) is 0 Å². The Morgan fingerprint density at radius 2 is 2.24 bits per heavy atom. The van der Waals surface area contributed by atoms with Gasteiger partial charge in [-0.15, -0.1) is 0 Å². The molecule has 0 aliphatic heterocycles. The molecule has 1 aromatic heterocycles. The van der Waals surface area contributed by atoms with Crippen LogP contribution in [0.15, 0.2) is 10.8 Å². The summed E-state index contributed by atoms with van der Waals surface area (Å²) < 4.78 is 0. The van der Waals surface area contributed by atoms with E-state index in [2.05, 4.69) is 6.07 Å². The minimum absolute atomic E-state index is 0.0252. The number of aryl methyl sites for hydroxylation is 1. The van der Waals surface area contributed by atoms with Crippen LogP contribution in [0.4, 0.5) is 0 Å². The Labute approximate surface area is 106 Å². The molecular formula is C13H16N2OS. The molecule has 0 bridgehead atoms. The van der Waals surface area contributed by atoms with E-state index in [4.69, 9.17) is 5.26 Å². The van der Waals surface area contributed by atoms with Crippen molar-refractivity contribution in [3.8, 4) is 6.07 Å². The normalized spacial score (nSPS) is 15.8. The lowest BCUT2D eigenvalue weighted by Crippen LogP contribution is -2.39. The third-order valence-electron chi connectivity index (χ3n) is 3.35. The van der Waals surface area contributed by atoms with Gasteiger partial charge in [0.05, 0.1) is 11.6 Å². The van der Waals surface area contributed by atoms with Gasteiger partial charge in [-0.25, -0.2) is 0 Å². The summed E-state index contributed by atoms with van der Waals surface area (Å²) in [5.41, 5.74) is 1.78. The van der Waals surface area contributed by atoms with Crippen LogP contribution in [-0.4, -0.2) is 23.4 Å². The van der Waals surface area contributed by atoms with Gasteiger partial charge in [-0.3, -0.25) is 4.79 Å². The molecule has 17 heavy (non-hydrogen) atoms. The molecule has 1 aliphatic carbocycles. The van der Waals surface area contributed by atoms with Gasteiger partial charge in [0.2, 0.25) is 0 Å². The molecule has 1 aromatic rings. The van der Waals surface area contributed by atoms with E-state index in [1.165, 1.54) is 12.8 Å². The highest BCUT2D eigenvalue weighted by molar-refractivity contribution is 7.08. The molecule has 1 fully saturated rings. The van der Waals surface area contributed by atoms with E-state index in [0.29, 0.717) is 0 Å². The average Bonchev–Trinajstić information content (AvgIpc) is 2.95. The molecule has 0 saturated heterocycles. The highest BCUT2D eigenvalue weighted by Gasteiger charge is 2.28. The number of amides is 1. The minimum atomic E-state index is 0.0252. The first-order chi connectivity index (χ1) is 8.24. The molecule has 1 heterocycles. The van der Waals surface area contributed by atoms with Gasteiger partial charge in [-0.2, -0.15) is 16.6 Å². The van der Waals surface area contributed by atoms with Gasteiger partial charge in [-0.1, -0.05) is 12.8 Å². The maximum absolute atomic E-state index is 12.4. The van der Waals surface area contributed by atoms with E-state index >= 15 is 0 Å². The van der Waals surface area contributed by atoms with Crippen LogP contribution in [0.5, 0.6) is 0 Å². The second-order valence-corrected chi connectivity index (χ2v) is 5.24. The van der Waals surface area contributed by atoms with Crippen molar-refractivity contribution in [2.24, 2.45) is 0 Å². The summed E-state index contributed by atoms with van der Waals surface area (Å²) in [6.45, 7) is 2.15. The Morgan fingerprint density at radius 1 is 1.53 bits per heavy atom. The van der Waals surface area contributed by atoms with Crippen molar-refractivity contribution >= 4 is 17.2 Å². The maximum atomic E-state index is 12.4. The highest BCUT2D eigenvalue weighted by Crippen LogP contribution is 2.26. The molecule has 1 aliphatic rings. The zero-order valence-corrected chi connectivity index (χ0v) is 10.8. The number of thiophene rings is 1. The molecule has 0 radical (unpaired) electrons. The first-order valence-electron chi connectivity index (χ1n) is 5.94. The summed E-state index contributed by atoms with van der Waals surface area (Å²) in [7, 11) is 0. The lowest BCUT2D eigenvalue weighted by molar-refractivity contribution is 0.0709. The summed E-state index contributed by atoms with van der Waals surface area (Å²) >= 11 is 1.54. The van der Waals surface area contributed by atoms with Crippen molar-refractivity contribution in [2.45, 2.75) is 38.6 Å². The molecule has 1 amide bonds. The topological polar surface area (TPSA) is 44.1 Å². The highest BCUT2D eigenvalue weighted by atomic mass is 32.1. The van der Waals surface area contributed by atoms with Crippen LogP contribution in [0.3, 0.4) is 0 Å². The molecule has 90 valence electrons. The molecule has 1 saturated carbocycles. The molecule has 0 N–H and O–H groups in total. The van der Waals surface area contributed by atoms with E-state index < -0.39 is 0 Å². The Kier molecular flexibility index (Phi) is 3.80. The monoisotopic (exact) mass is 248 g/mol. The summed E-state index contributed by atoms with van der Waals surface area (Å²) in [5.74, 6) is 0.0252. The summed E-state index contributed by atoms with van der Waals surface area (Å²) in [5, 5.41) is 12.7. The van der Waals surface area contributed by atoms with Gasteiger partial charge in [0.25, 0.3) is 5.91 Å². The molecular weight excluding hydrogens is 232 g/mol. The number of hydrogen-bond acceptors (Lipinski definition) is 3. The predicted octanol–water partition coefficient (Wildman–Crippen LogP) is 2.96. The summed E-state index contributed by atoms with van der Waals surface area (Å²) in [6.07, 6.45) is 4.41. The van der Waals surface area contributed by atoms with Gasteiger partial charge >= 0.3 is 0 Å². The van der Waals surface area contributed by atoms with Gasteiger partial charge in [0.15, 0.2) is 0 Å². The van der Waals surface area contributed by atoms with Gasteiger partial charge in [0.1, 0.15) is 6.54 Å². The molecule has 3 nitrogen and oxygen atoms in total. The number of nitriles is 1. The quantitative estimate of drug-likeness (QED) is 0.772. The lowest BCUT2D eigenvalue weighted by Gasteiger charge is -2.26. The maximum Gasteiger partial charge on any atom is 0.256 e. The summed E-state index contributed by atoms with van der Waals surface area (Å²) in [4.78, 5) is 14.1. The van der Waals surface area contributed by atoms with E-state index in [9.17, 15) is 4.79 Å². The van der Waals surface area contributed by atoms with E-state index in [0.717, 1.165) is 24.0 Å². The molecule has 4 heteroatoms. The second-order valence-electron chi connectivity index (χ2n) is 4.50. The molecule has 2 rings (SSSR count). The van der Waals surface area contributed by atoms with Gasteiger partial charge in [-0.05, 0) is 30.7 Å². The third kappa shape index (κ3) is 2.50. The van der Waals surface area contributed by atoms with E-state index in [-0.39, 0.29) is 18.5 Å². The van der Waals surface area contributed by atoms with E-state index in [1.807, 2.05) is 17.7 Å². The van der Waals surface area contributed by atoms with Crippen molar-refractivity contribution in [2.75, 3.05) is 6.54 Å². The van der Waals surface area contributed by atoms with Crippen LogP contribution >= 0.6 is 11.3 Å². The van der Waals surface area contributed by atoms with Crippen LogP contribution in [0.1, 0.15) is 41.6 Å². The Bertz CT molecular complexity index is 441. The van der Waals surface area contributed by atoms with Gasteiger partial charge in [0, 0.05) is 11.4 Å². The molecule has 0 unspecified atom stereocenters. The average molecular weight is 248 g/mol. The molecule has 0 spiro atoms. The Hall–Kier alpha value is -1.34. The van der Waals surface area contributed by atoms with Crippen LogP contribution in [0.2, 0.25) is 0 Å². The zero-order valence-electron chi connectivity index (χ0n) is 9.98. The largest absolute Gasteiger partial charge is 0.322 e. The number of carbonyl (C=O) groups is 1. The van der Waals surface area contributed by atoms with Crippen molar-refractivity contribution in [3.05, 3.63) is 21.9 Å². The predicted molar refractivity (Wildman–Crippen MR) is 68.0 cm³/mol. The number of rotatable bonds is 3. The van der Waals surface area contributed by atoms with Crippen molar-refractivity contribution in [3.63, 3.8) is 0 Å². The van der Waals surface area contributed by atoms with Crippen LogP contribution < -0.4 is 0 Å². The first kappa shape index (κ1) is 12.1. The summed E-state index contributed by atoms with van der Waals surface area (Å²) in [6, 6.07) is 2.38. The minimum Gasteiger partial charge on any atom is -0.322 e. The third-order valence-corrected chi connectivity index (χ3v) is 4.21. The standard InChI is InChI=1S/C13H16N2OS/c1-10-8-17-9-12(10)13(16)15(7-6-14)11-4-2-3-5-11/h8-9,11H,2-5,7H2,1H3. The number of nitrogens with zero attached hydrogens (tertiary/aromatic N) is 2. The fraction of sp³-hybridized carbons (Fsp3) is 0.538. The zero-order chi connectivity index (χ0) is 12.3. The fourth-order valence-corrected chi connectivity index (χ4v) is 3.22. The van der Waals surface area contributed by atoms with Crippen LogP contribution in [0, 0.1) is 18.3 Å². The number of hydrogen-bond donors (Lipinski definition) is 0. The van der Waals surface area contributed by atoms with E-state index in [1.54, 1.807) is 16.2 Å². The Balaban J connectivity index is 2.19. The first-order valence-corrected chi connectivity index (χ1v) is 6.89. The number of carbonyl (C=O) groups excluding carboxylic acids is 1. The molecule has 0 atom stereocenters. The van der Waals surface area contributed by atoms with Gasteiger partial charge < -0.3 is 4.90 Å². The van der Waals surface area contributed by atoms with Crippen molar-refractivity contribution in [1.29, 1.82) is 5.26 Å². The Morgan fingerprint density at radius 3 is 2.76 bits per heavy atom. The fourth-order valence-electron chi connectivity index (χ4n) is 2.39.